The van der Waals surface area contributed by atoms with Crippen LogP contribution in [0.15, 0.2) is 285 Å². The first kappa shape index (κ1) is 57.3. The van der Waals surface area contributed by atoms with E-state index in [9.17, 15) is 0 Å². The van der Waals surface area contributed by atoms with Crippen LogP contribution in [0.5, 0.6) is 0 Å². The van der Waals surface area contributed by atoms with Crippen LogP contribution in [0.1, 0.15) is 11.1 Å². The van der Waals surface area contributed by atoms with E-state index in [1.54, 1.807) is 47.0 Å². The van der Waals surface area contributed by atoms with Crippen LogP contribution in [0.3, 0.4) is 0 Å². The minimum atomic E-state index is -4.95. The Morgan fingerprint density at radius 1 is 0.226 bits per heavy atom. The van der Waals surface area contributed by atoms with Gasteiger partial charge in [0.05, 0.1) is 39.2 Å². The van der Waals surface area contributed by atoms with E-state index in [1.165, 1.54) is 36.4 Å². The van der Waals surface area contributed by atoms with Gasteiger partial charge >= 0.3 is 12.4 Å². The number of hydrogen-bond donors (Lipinski definition) is 0. The number of nitrogens with zero attached hydrogens (tertiary/aromatic N) is 9. The lowest BCUT2D eigenvalue weighted by Crippen LogP contribution is -2.11. The fourth-order valence-electron chi connectivity index (χ4n) is 11.9. The predicted molar refractivity (Wildman–Crippen MR) is 353 cm³/mol. The minimum Gasteiger partial charge on any atom is -0.308 e. The zero-order chi connectivity index (χ0) is 63.2. The average molecular weight is 1220 g/mol. The maximum absolute atomic E-state index is 16.0. The van der Waals surface area contributed by atoms with E-state index in [0.29, 0.717) is 84.7 Å². The van der Waals surface area contributed by atoms with E-state index < -0.39 is 23.5 Å². The predicted octanol–water partition coefficient (Wildman–Crippen LogP) is 20.3. The first-order valence-corrected chi connectivity index (χ1v) is 29.7. The number of aromatic nitrogens is 9. The topological polar surface area (TPSA) is 108 Å². The number of benzene rings is 11. The van der Waals surface area contributed by atoms with Gasteiger partial charge in [-0.05, 0) is 77.9 Å². The van der Waals surface area contributed by atoms with E-state index in [0.717, 1.165) is 34.4 Å². The second kappa shape index (κ2) is 23.7. The molecule has 0 bridgehead atoms. The maximum atomic E-state index is 16.0. The van der Waals surface area contributed by atoms with E-state index >= 15 is 26.3 Å². The van der Waals surface area contributed by atoms with Gasteiger partial charge in [0.2, 0.25) is 0 Å². The van der Waals surface area contributed by atoms with Crippen LogP contribution < -0.4 is 0 Å². The van der Waals surface area contributed by atoms with Gasteiger partial charge in [-0.3, -0.25) is 0 Å². The molecular formula is C78H47F6N9. The Balaban J connectivity index is 1.07. The fraction of sp³-hybridized carbons (Fsp3) is 0.0256. The van der Waals surface area contributed by atoms with Crippen molar-refractivity contribution in [1.82, 2.24) is 44.4 Å². The van der Waals surface area contributed by atoms with Crippen molar-refractivity contribution in [3.63, 3.8) is 0 Å². The maximum Gasteiger partial charge on any atom is 0.417 e. The molecule has 0 saturated heterocycles. The van der Waals surface area contributed by atoms with Crippen LogP contribution in [0, 0.1) is 0 Å². The molecule has 0 aliphatic heterocycles. The van der Waals surface area contributed by atoms with Gasteiger partial charge in [-0.2, -0.15) is 26.3 Å². The number of rotatable bonds is 12. The summed E-state index contributed by atoms with van der Waals surface area (Å²) in [6.07, 6.45) is -9.89. The van der Waals surface area contributed by atoms with Gasteiger partial charge in [0.15, 0.2) is 40.8 Å². The lowest BCUT2D eigenvalue weighted by Gasteiger charge is -2.24. The van der Waals surface area contributed by atoms with Crippen molar-refractivity contribution >= 4 is 21.8 Å². The Labute approximate surface area is 528 Å². The molecule has 0 saturated carbocycles. The first-order valence-electron chi connectivity index (χ1n) is 29.7. The van der Waals surface area contributed by atoms with Crippen molar-refractivity contribution < 1.29 is 26.3 Å². The second-order valence-corrected chi connectivity index (χ2v) is 22.1. The van der Waals surface area contributed by atoms with Crippen LogP contribution >= 0.6 is 0 Å². The summed E-state index contributed by atoms with van der Waals surface area (Å²) in [5.41, 5.74) is 4.43. The molecule has 4 aromatic heterocycles. The lowest BCUT2D eigenvalue weighted by atomic mass is 9.88. The summed E-state index contributed by atoms with van der Waals surface area (Å²) in [4.78, 5) is 40.3. The zero-order valence-corrected chi connectivity index (χ0v) is 48.9. The van der Waals surface area contributed by atoms with Crippen molar-refractivity contribution in [2.45, 2.75) is 12.4 Å². The average Bonchev–Trinajstić information content (AvgIpc) is 1.64. The van der Waals surface area contributed by atoms with E-state index in [2.05, 4.69) is 0 Å². The molecule has 4 heterocycles. The molecule has 0 N–H and O–H groups in total. The second-order valence-electron chi connectivity index (χ2n) is 22.1. The Kier molecular flexibility index (Phi) is 14.6. The number of hydrogen-bond acceptors (Lipinski definition) is 8. The molecule has 93 heavy (non-hydrogen) atoms. The quantitative estimate of drug-likeness (QED) is 0.111. The van der Waals surface area contributed by atoms with Gasteiger partial charge in [0.25, 0.3) is 0 Å². The summed E-state index contributed by atoms with van der Waals surface area (Å²) in [7, 11) is 0. The van der Waals surface area contributed by atoms with Gasteiger partial charge in [-0.1, -0.05) is 218 Å². The number of halogens is 6. The van der Waals surface area contributed by atoms with E-state index in [4.69, 9.17) is 39.9 Å². The number of fused-ring (bicyclic) bond motifs is 3. The molecule has 0 unspecified atom stereocenters. The van der Waals surface area contributed by atoms with E-state index in [-0.39, 0.29) is 45.0 Å². The molecule has 15 aromatic rings. The third-order valence-corrected chi connectivity index (χ3v) is 16.2. The Morgan fingerprint density at radius 3 is 0.839 bits per heavy atom. The molecule has 0 atom stereocenters. The molecular weight excluding hydrogens is 1180 g/mol. The molecule has 15 rings (SSSR count). The largest absolute Gasteiger partial charge is 0.417 e. The van der Waals surface area contributed by atoms with Gasteiger partial charge in [-0.25, -0.2) is 39.9 Å². The highest BCUT2D eigenvalue weighted by molar-refractivity contribution is 6.13. The van der Waals surface area contributed by atoms with Crippen LogP contribution in [0.2, 0.25) is 0 Å². The Morgan fingerprint density at radius 2 is 0.505 bits per heavy atom. The summed E-state index contributed by atoms with van der Waals surface area (Å²) in [6, 6.07) is 82.6. The van der Waals surface area contributed by atoms with E-state index in [1.807, 2.05) is 194 Å². The first-order chi connectivity index (χ1) is 45.4. The van der Waals surface area contributed by atoms with Crippen molar-refractivity contribution in [1.29, 1.82) is 0 Å². The van der Waals surface area contributed by atoms with Crippen LogP contribution in [0.25, 0.3) is 152 Å². The third kappa shape index (κ3) is 11.2. The summed E-state index contributed by atoms with van der Waals surface area (Å²) < 4.78 is 97.8. The summed E-state index contributed by atoms with van der Waals surface area (Å²) in [5, 5.41) is 1.08. The molecule has 9 nitrogen and oxygen atoms in total. The molecule has 0 spiro atoms. The van der Waals surface area contributed by atoms with Crippen molar-refractivity contribution in [3.8, 4) is 130 Å². The smallest absolute Gasteiger partial charge is 0.308 e. The molecule has 15 heteroatoms. The molecule has 0 amide bonds. The lowest BCUT2D eigenvalue weighted by molar-refractivity contribution is -0.137. The molecule has 0 radical (unpaired) electrons. The van der Waals surface area contributed by atoms with Crippen LogP contribution in [0.4, 0.5) is 26.3 Å². The zero-order valence-electron chi connectivity index (χ0n) is 48.9. The summed E-state index contributed by atoms with van der Waals surface area (Å²) in [6.45, 7) is 0. The minimum absolute atomic E-state index is 0.0176. The van der Waals surface area contributed by atoms with Crippen molar-refractivity contribution in [2.24, 2.45) is 0 Å². The van der Waals surface area contributed by atoms with Gasteiger partial charge in [0, 0.05) is 72.0 Å². The van der Waals surface area contributed by atoms with Gasteiger partial charge in [-0.15, -0.1) is 0 Å². The highest BCUT2D eigenvalue weighted by atomic mass is 19.4. The van der Waals surface area contributed by atoms with Gasteiger partial charge < -0.3 is 4.57 Å². The molecule has 0 fully saturated rings. The normalized spacial score (nSPS) is 11.8. The molecule has 0 aliphatic rings. The molecule has 0 aliphatic carbocycles. The summed E-state index contributed by atoms with van der Waals surface area (Å²) >= 11 is 0. The van der Waals surface area contributed by atoms with Gasteiger partial charge in [0.1, 0.15) is 0 Å². The number of alkyl halides is 6. The molecule has 446 valence electrons. The third-order valence-electron chi connectivity index (χ3n) is 16.2. The highest BCUT2D eigenvalue weighted by Crippen LogP contribution is 2.50. The van der Waals surface area contributed by atoms with Crippen LogP contribution in [-0.4, -0.2) is 44.4 Å². The Hall–Kier alpha value is -12.1. The standard InChI is InChI=1S/C78H47F6N9/c79-77(80,81)63-37-21-19-35-57(63)61-45-56(66-47-65(48-23-7-1-8-24-48)85-70(86-66)49-25-9-2-10-26-49)46-62(58-36-20-22-38-64(58)78(82,83)84)69(61)93-67-41-39-54(75-89-71(50-27-11-3-12-28-50)87-72(90-75)51-29-13-4-14-30-51)43-59(67)60-44-55(40-42-68(60)93)76-91-73(52-31-15-5-16-32-52)88-74(92-76)53-33-17-6-18-34-53/h1-47H. The highest BCUT2D eigenvalue weighted by Gasteiger charge is 2.38. The van der Waals surface area contributed by atoms with Crippen LogP contribution in [-0.2, 0) is 12.4 Å². The monoisotopic (exact) mass is 1220 g/mol. The fourth-order valence-corrected chi connectivity index (χ4v) is 11.9. The van der Waals surface area contributed by atoms with Crippen molar-refractivity contribution in [2.75, 3.05) is 0 Å². The van der Waals surface area contributed by atoms with Crippen molar-refractivity contribution in [3.05, 3.63) is 296 Å². The summed E-state index contributed by atoms with van der Waals surface area (Å²) in [5.74, 6) is 2.50. The SMILES string of the molecule is FC(F)(F)c1ccccc1-c1cc(-c2cc(-c3ccccc3)nc(-c3ccccc3)n2)cc(-c2ccccc2C(F)(F)F)c1-n1c2ccc(-c3nc(-c4ccccc4)nc(-c4ccccc4)n3)cc2c2cc(-c3nc(-c4ccccc4)nc(-c4ccccc4)n3)ccc21. The Bertz CT molecular complexity index is 4850. The molecule has 11 aromatic carbocycles.